The fraction of sp³-hybridized carbons (Fsp3) is 0.533. The van der Waals surface area contributed by atoms with Gasteiger partial charge in [0.2, 0.25) is 0 Å². The fourth-order valence-electron chi connectivity index (χ4n) is 2.37. The predicted octanol–water partition coefficient (Wildman–Crippen LogP) is 0.426. The van der Waals surface area contributed by atoms with Gasteiger partial charge in [-0.15, -0.1) is 0 Å². The van der Waals surface area contributed by atoms with Gasteiger partial charge in [0, 0.05) is 38.3 Å². The van der Waals surface area contributed by atoms with E-state index >= 15 is 0 Å². The Hall–Kier alpha value is -1.79. The van der Waals surface area contributed by atoms with Crippen molar-refractivity contribution in [3.05, 3.63) is 23.8 Å². The quantitative estimate of drug-likeness (QED) is 0.663. The van der Waals surface area contributed by atoms with Crippen molar-refractivity contribution in [2.75, 3.05) is 46.4 Å². The lowest BCUT2D eigenvalue weighted by Crippen LogP contribution is -2.44. The van der Waals surface area contributed by atoms with E-state index in [1.807, 2.05) is 0 Å². The highest BCUT2D eigenvalue weighted by atomic mass is 16.5. The third kappa shape index (κ3) is 4.61. The van der Waals surface area contributed by atoms with Gasteiger partial charge in [-0.25, -0.2) is 0 Å². The van der Waals surface area contributed by atoms with Crippen molar-refractivity contribution in [3.8, 4) is 11.5 Å². The highest BCUT2D eigenvalue weighted by Gasteiger charge is 2.11. The van der Waals surface area contributed by atoms with Crippen LogP contribution in [-0.2, 0) is 0 Å². The van der Waals surface area contributed by atoms with Crippen molar-refractivity contribution in [2.24, 2.45) is 0 Å². The Kier molecular flexibility index (Phi) is 5.83. The monoisotopic (exact) mass is 293 g/mol. The van der Waals surface area contributed by atoms with Gasteiger partial charge in [-0.1, -0.05) is 0 Å². The number of rotatable bonds is 6. The molecule has 2 rings (SSSR count). The molecule has 0 unspecified atom stereocenters. The first kappa shape index (κ1) is 15.6. The Bertz CT molecular complexity index is 473. The topological polar surface area (TPSA) is 73.8 Å². The second kappa shape index (κ2) is 7.85. The van der Waals surface area contributed by atoms with Crippen LogP contribution >= 0.6 is 0 Å². The summed E-state index contributed by atoms with van der Waals surface area (Å²) in [6.07, 6.45) is 0.924. The van der Waals surface area contributed by atoms with Gasteiger partial charge in [0.05, 0.1) is 7.11 Å². The largest absolute Gasteiger partial charge is 0.504 e. The zero-order valence-corrected chi connectivity index (χ0v) is 12.4. The van der Waals surface area contributed by atoms with Gasteiger partial charge in [-0.05, 0) is 31.2 Å². The van der Waals surface area contributed by atoms with Crippen LogP contribution in [0.3, 0.4) is 0 Å². The second-order valence-corrected chi connectivity index (χ2v) is 5.09. The first-order chi connectivity index (χ1) is 10.2. The number of hydrogen-bond acceptors (Lipinski definition) is 5. The van der Waals surface area contributed by atoms with Gasteiger partial charge in [-0.2, -0.15) is 0 Å². The van der Waals surface area contributed by atoms with E-state index in [2.05, 4.69) is 15.5 Å². The van der Waals surface area contributed by atoms with E-state index < -0.39 is 0 Å². The summed E-state index contributed by atoms with van der Waals surface area (Å²) >= 11 is 0. The molecule has 1 amide bonds. The van der Waals surface area contributed by atoms with Crippen LogP contribution in [0.5, 0.6) is 11.5 Å². The molecule has 1 aromatic carbocycles. The van der Waals surface area contributed by atoms with E-state index in [4.69, 9.17) is 4.74 Å². The van der Waals surface area contributed by atoms with Crippen LogP contribution in [0.15, 0.2) is 18.2 Å². The van der Waals surface area contributed by atoms with Crippen LogP contribution in [0.25, 0.3) is 0 Å². The van der Waals surface area contributed by atoms with E-state index in [9.17, 15) is 9.90 Å². The summed E-state index contributed by atoms with van der Waals surface area (Å²) in [4.78, 5) is 14.4. The molecule has 0 aromatic heterocycles. The van der Waals surface area contributed by atoms with Gasteiger partial charge >= 0.3 is 0 Å². The number of phenols is 1. The average Bonchev–Trinajstić information content (AvgIpc) is 2.52. The number of amides is 1. The number of hydrogen-bond donors (Lipinski definition) is 3. The van der Waals surface area contributed by atoms with Gasteiger partial charge < -0.3 is 25.4 Å². The lowest BCUT2D eigenvalue weighted by Gasteiger charge is -2.27. The Balaban J connectivity index is 1.72. The number of aromatic hydroxyl groups is 1. The summed E-state index contributed by atoms with van der Waals surface area (Å²) in [7, 11) is 1.48. The maximum absolute atomic E-state index is 12.0. The van der Waals surface area contributed by atoms with Crippen molar-refractivity contribution in [1.82, 2.24) is 15.5 Å². The van der Waals surface area contributed by atoms with E-state index in [-0.39, 0.29) is 11.7 Å². The Morgan fingerprint density at radius 3 is 2.86 bits per heavy atom. The number of nitrogens with zero attached hydrogens (tertiary/aromatic N) is 1. The molecule has 0 atom stereocenters. The number of carbonyl (C=O) groups excluding carboxylic acids is 1. The molecule has 1 saturated heterocycles. The van der Waals surface area contributed by atoms with Crippen LogP contribution in [0.2, 0.25) is 0 Å². The Morgan fingerprint density at radius 1 is 1.43 bits per heavy atom. The molecule has 1 aliphatic rings. The van der Waals surface area contributed by atoms with Crippen molar-refractivity contribution in [1.29, 1.82) is 0 Å². The second-order valence-electron chi connectivity index (χ2n) is 5.09. The summed E-state index contributed by atoms with van der Waals surface area (Å²) in [5, 5.41) is 15.8. The molecule has 1 aliphatic heterocycles. The zero-order valence-electron chi connectivity index (χ0n) is 12.4. The summed E-state index contributed by atoms with van der Waals surface area (Å²) in [6, 6.07) is 4.65. The number of nitrogens with one attached hydrogen (secondary N) is 2. The van der Waals surface area contributed by atoms with Crippen LogP contribution in [0, 0.1) is 0 Å². The third-order valence-electron chi connectivity index (χ3n) is 3.59. The molecule has 21 heavy (non-hydrogen) atoms. The lowest BCUT2D eigenvalue weighted by molar-refractivity contribution is 0.0951. The molecule has 0 bridgehead atoms. The Labute approximate surface area is 125 Å². The summed E-state index contributed by atoms with van der Waals surface area (Å²) in [6.45, 7) is 5.85. The normalized spacial score (nSPS) is 15.7. The smallest absolute Gasteiger partial charge is 0.251 e. The van der Waals surface area contributed by atoms with Gasteiger partial charge in [0.1, 0.15) is 0 Å². The number of methoxy groups -OCH3 is 1. The van der Waals surface area contributed by atoms with E-state index in [1.165, 1.54) is 13.2 Å². The maximum atomic E-state index is 12.0. The third-order valence-corrected chi connectivity index (χ3v) is 3.59. The number of benzene rings is 1. The minimum Gasteiger partial charge on any atom is -0.504 e. The summed E-state index contributed by atoms with van der Waals surface area (Å²) in [5.74, 6) is 0.171. The van der Waals surface area contributed by atoms with Crippen molar-refractivity contribution in [3.63, 3.8) is 0 Å². The minimum atomic E-state index is -0.173. The van der Waals surface area contributed by atoms with Gasteiger partial charge in [0.15, 0.2) is 11.5 Å². The van der Waals surface area contributed by atoms with Crippen molar-refractivity contribution >= 4 is 5.91 Å². The lowest BCUT2D eigenvalue weighted by atomic mass is 10.2. The number of ether oxygens (including phenoxy) is 1. The molecule has 0 aliphatic carbocycles. The van der Waals surface area contributed by atoms with E-state index in [1.54, 1.807) is 12.1 Å². The molecule has 0 saturated carbocycles. The van der Waals surface area contributed by atoms with Crippen LogP contribution < -0.4 is 15.4 Å². The van der Waals surface area contributed by atoms with Gasteiger partial charge in [-0.3, -0.25) is 4.79 Å². The molecule has 1 aromatic rings. The van der Waals surface area contributed by atoms with Crippen LogP contribution in [0.4, 0.5) is 0 Å². The van der Waals surface area contributed by atoms with E-state index in [0.29, 0.717) is 17.9 Å². The number of carbonyl (C=O) groups is 1. The molecule has 0 radical (unpaired) electrons. The molecular formula is C15H23N3O3. The predicted molar refractivity (Wildman–Crippen MR) is 80.9 cm³/mol. The fourth-order valence-corrected chi connectivity index (χ4v) is 2.37. The first-order valence-corrected chi connectivity index (χ1v) is 7.29. The van der Waals surface area contributed by atoms with Crippen LogP contribution in [-0.4, -0.2) is 62.3 Å². The summed E-state index contributed by atoms with van der Waals surface area (Å²) < 4.78 is 4.95. The first-order valence-electron chi connectivity index (χ1n) is 7.29. The minimum absolute atomic E-state index is 0.0223. The SMILES string of the molecule is COc1ccc(C(=O)NCCCN2CCNCC2)cc1O. The number of phenolic OH excluding ortho intramolecular Hbond substituents is 1. The molecule has 1 fully saturated rings. The maximum Gasteiger partial charge on any atom is 0.251 e. The number of piperazine rings is 1. The Morgan fingerprint density at radius 2 is 2.19 bits per heavy atom. The molecule has 6 heteroatoms. The molecule has 6 nitrogen and oxygen atoms in total. The molecule has 3 N–H and O–H groups in total. The van der Waals surface area contributed by atoms with Crippen LogP contribution in [0.1, 0.15) is 16.8 Å². The highest BCUT2D eigenvalue weighted by Crippen LogP contribution is 2.25. The summed E-state index contributed by atoms with van der Waals surface area (Å²) in [5.41, 5.74) is 0.440. The van der Waals surface area contributed by atoms with E-state index in [0.717, 1.165) is 39.1 Å². The van der Waals surface area contributed by atoms with Crippen molar-refractivity contribution < 1.29 is 14.6 Å². The highest BCUT2D eigenvalue weighted by molar-refractivity contribution is 5.94. The standard InChI is InChI=1S/C15H23N3O3/c1-21-14-4-3-12(11-13(14)19)15(20)17-5-2-8-18-9-6-16-7-10-18/h3-4,11,16,19H,2,5-10H2,1H3,(H,17,20). The van der Waals surface area contributed by atoms with Crippen molar-refractivity contribution in [2.45, 2.75) is 6.42 Å². The average molecular weight is 293 g/mol. The molecular weight excluding hydrogens is 270 g/mol. The zero-order chi connectivity index (χ0) is 15.1. The molecule has 0 spiro atoms. The molecule has 116 valence electrons. The van der Waals surface area contributed by atoms with Gasteiger partial charge in [0.25, 0.3) is 5.91 Å². The molecule has 1 heterocycles.